The van der Waals surface area contributed by atoms with Crippen molar-refractivity contribution in [1.29, 1.82) is 0 Å². The maximum Gasteiger partial charge on any atom is 0.313 e. The Hall–Kier alpha value is -2.47. The SMILES string of the molecule is CCOc1cc(C)ccc1NC(=O)C(=O)NCCCSc1ccccc1. The predicted molar refractivity (Wildman–Crippen MR) is 106 cm³/mol. The average molecular weight is 372 g/mol. The molecule has 0 heterocycles. The van der Waals surface area contributed by atoms with Gasteiger partial charge in [0, 0.05) is 11.4 Å². The molecule has 0 aliphatic heterocycles. The number of anilines is 1. The number of aryl methyl sites for hydroxylation is 1. The molecule has 6 heteroatoms. The molecule has 2 rings (SSSR count). The maximum atomic E-state index is 12.1. The second-order valence-electron chi connectivity index (χ2n) is 5.66. The molecule has 26 heavy (non-hydrogen) atoms. The molecule has 0 radical (unpaired) electrons. The number of carbonyl (C=O) groups is 2. The highest BCUT2D eigenvalue weighted by atomic mass is 32.2. The van der Waals surface area contributed by atoms with Crippen LogP contribution in [0.4, 0.5) is 5.69 Å². The number of hydrogen-bond acceptors (Lipinski definition) is 4. The molecule has 0 aliphatic carbocycles. The van der Waals surface area contributed by atoms with Crippen LogP contribution in [0, 0.1) is 6.92 Å². The van der Waals surface area contributed by atoms with Crippen molar-refractivity contribution in [3.63, 3.8) is 0 Å². The van der Waals surface area contributed by atoms with Gasteiger partial charge in [-0.25, -0.2) is 0 Å². The molecule has 0 fully saturated rings. The smallest absolute Gasteiger partial charge is 0.313 e. The molecular formula is C20H24N2O3S. The second kappa shape index (κ2) is 10.5. The van der Waals surface area contributed by atoms with E-state index in [1.807, 2.05) is 56.3 Å². The van der Waals surface area contributed by atoms with Crippen LogP contribution in [-0.4, -0.2) is 30.7 Å². The van der Waals surface area contributed by atoms with Crippen LogP contribution in [0.2, 0.25) is 0 Å². The first-order valence-electron chi connectivity index (χ1n) is 8.60. The molecule has 0 atom stereocenters. The van der Waals surface area contributed by atoms with E-state index in [0.29, 0.717) is 24.6 Å². The lowest BCUT2D eigenvalue weighted by atomic mass is 10.2. The third-order valence-corrected chi connectivity index (χ3v) is 4.61. The Morgan fingerprint density at radius 1 is 1.08 bits per heavy atom. The lowest BCUT2D eigenvalue weighted by Gasteiger charge is -2.12. The van der Waals surface area contributed by atoms with Crippen molar-refractivity contribution in [3.05, 3.63) is 54.1 Å². The summed E-state index contributed by atoms with van der Waals surface area (Å²) in [6, 6.07) is 15.5. The summed E-state index contributed by atoms with van der Waals surface area (Å²) in [6.45, 7) is 4.75. The fraction of sp³-hybridized carbons (Fsp3) is 0.300. The molecule has 0 aliphatic rings. The third-order valence-electron chi connectivity index (χ3n) is 3.51. The summed E-state index contributed by atoms with van der Waals surface area (Å²) in [5.41, 5.74) is 1.52. The first-order chi connectivity index (χ1) is 12.6. The van der Waals surface area contributed by atoms with Crippen molar-refractivity contribution >= 4 is 29.3 Å². The molecule has 2 N–H and O–H groups in total. The minimum absolute atomic E-state index is 0.457. The Morgan fingerprint density at radius 2 is 1.85 bits per heavy atom. The molecule has 0 bridgehead atoms. The zero-order valence-electron chi connectivity index (χ0n) is 15.1. The second-order valence-corrected chi connectivity index (χ2v) is 6.83. The molecule has 2 aromatic carbocycles. The summed E-state index contributed by atoms with van der Waals surface area (Å²) in [6.07, 6.45) is 0.785. The quantitative estimate of drug-likeness (QED) is 0.422. The van der Waals surface area contributed by atoms with Crippen molar-refractivity contribution < 1.29 is 14.3 Å². The molecule has 5 nitrogen and oxygen atoms in total. The minimum atomic E-state index is -0.689. The van der Waals surface area contributed by atoms with Crippen LogP contribution < -0.4 is 15.4 Å². The van der Waals surface area contributed by atoms with Crippen LogP contribution in [0.1, 0.15) is 18.9 Å². The highest BCUT2D eigenvalue weighted by molar-refractivity contribution is 7.99. The molecule has 138 valence electrons. The van der Waals surface area contributed by atoms with Crippen LogP contribution in [0.3, 0.4) is 0 Å². The molecule has 0 aromatic heterocycles. The van der Waals surface area contributed by atoms with E-state index in [2.05, 4.69) is 10.6 Å². The molecule has 2 amide bonds. The number of hydrogen-bond donors (Lipinski definition) is 2. The topological polar surface area (TPSA) is 67.4 Å². The molecule has 0 saturated heterocycles. The number of rotatable bonds is 8. The largest absolute Gasteiger partial charge is 0.492 e. The summed E-state index contributed by atoms with van der Waals surface area (Å²) in [7, 11) is 0. The molecule has 0 saturated carbocycles. The van der Waals surface area contributed by atoms with Crippen LogP contribution in [-0.2, 0) is 9.59 Å². The van der Waals surface area contributed by atoms with Crippen molar-refractivity contribution in [2.24, 2.45) is 0 Å². The van der Waals surface area contributed by atoms with Gasteiger partial charge in [0.05, 0.1) is 12.3 Å². The van der Waals surface area contributed by atoms with Gasteiger partial charge in [-0.3, -0.25) is 9.59 Å². The predicted octanol–water partition coefficient (Wildman–Crippen LogP) is 3.63. The van der Waals surface area contributed by atoms with Crippen molar-refractivity contribution in [3.8, 4) is 5.75 Å². The van der Waals surface area contributed by atoms with Gasteiger partial charge >= 0.3 is 11.8 Å². The highest BCUT2D eigenvalue weighted by Crippen LogP contribution is 2.25. The van der Waals surface area contributed by atoms with Crippen molar-refractivity contribution in [2.75, 3.05) is 24.2 Å². The van der Waals surface area contributed by atoms with Gasteiger partial charge in [-0.15, -0.1) is 11.8 Å². The van der Waals surface area contributed by atoms with E-state index < -0.39 is 11.8 Å². The van der Waals surface area contributed by atoms with Gasteiger partial charge in [0.2, 0.25) is 0 Å². The fourth-order valence-corrected chi connectivity index (χ4v) is 3.12. The summed E-state index contributed by atoms with van der Waals surface area (Å²) in [4.78, 5) is 25.2. The Labute approximate surface area is 158 Å². The van der Waals surface area contributed by atoms with E-state index in [1.165, 1.54) is 4.90 Å². The Morgan fingerprint density at radius 3 is 2.58 bits per heavy atom. The van der Waals surface area contributed by atoms with Gasteiger partial charge < -0.3 is 15.4 Å². The van der Waals surface area contributed by atoms with Gasteiger partial charge in [-0.2, -0.15) is 0 Å². The van der Waals surface area contributed by atoms with Gasteiger partial charge in [-0.1, -0.05) is 24.3 Å². The normalized spacial score (nSPS) is 10.2. The Balaban J connectivity index is 1.75. The van der Waals surface area contributed by atoms with E-state index in [9.17, 15) is 9.59 Å². The summed E-state index contributed by atoms with van der Waals surface area (Å²) < 4.78 is 5.50. The Kier molecular flexibility index (Phi) is 8.02. The fourth-order valence-electron chi connectivity index (χ4n) is 2.25. The van der Waals surface area contributed by atoms with E-state index in [4.69, 9.17) is 4.74 Å². The van der Waals surface area contributed by atoms with Gasteiger partial charge in [0.25, 0.3) is 0 Å². The van der Waals surface area contributed by atoms with Gasteiger partial charge in [0.15, 0.2) is 0 Å². The Bertz CT molecular complexity index is 735. The van der Waals surface area contributed by atoms with E-state index >= 15 is 0 Å². The minimum Gasteiger partial charge on any atom is -0.492 e. The van der Waals surface area contributed by atoms with Crippen LogP contribution in [0.5, 0.6) is 5.75 Å². The molecule has 0 spiro atoms. The first-order valence-corrected chi connectivity index (χ1v) is 9.59. The van der Waals surface area contributed by atoms with E-state index in [0.717, 1.165) is 17.7 Å². The number of nitrogens with one attached hydrogen (secondary N) is 2. The summed E-state index contributed by atoms with van der Waals surface area (Å²) in [5.74, 6) is 0.106. The zero-order chi connectivity index (χ0) is 18.8. The molecule has 2 aromatic rings. The number of amides is 2. The monoisotopic (exact) mass is 372 g/mol. The van der Waals surface area contributed by atoms with Gasteiger partial charge in [-0.05, 0) is 55.9 Å². The van der Waals surface area contributed by atoms with E-state index in [1.54, 1.807) is 17.8 Å². The highest BCUT2D eigenvalue weighted by Gasteiger charge is 2.15. The van der Waals surface area contributed by atoms with Crippen LogP contribution in [0.25, 0.3) is 0 Å². The summed E-state index contributed by atoms with van der Waals surface area (Å²) >= 11 is 1.72. The maximum absolute atomic E-state index is 12.1. The zero-order valence-corrected chi connectivity index (χ0v) is 15.9. The first kappa shape index (κ1) is 19.8. The number of carbonyl (C=O) groups excluding carboxylic acids is 2. The standard InChI is InChI=1S/C20H24N2O3S/c1-3-25-18-14-15(2)10-11-17(18)22-20(24)19(23)21-12-7-13-26-16-8-5-4-6-9-16/h4-6,8-11,14H,3,7,12-13H2,1-2H3,(H,21,23)(H,22,24). The number of thioether (sulfide) groups is 1. The van der Waals surface area contributed by atoms with Crippen molar-refractivity contribution in [1.82, 2.24) is 5.32 Å². The summed E-state index contributed by atoms with van der Waals surface area (Å²) in [5, 5.41) is 5.25. The third kappa shape index (κ3) is 6.44. The lowest BCUT2D eigenvalue weighted by molar-refractivity contribution is -0.136. The lowest BCUT2D eigenvalue weighted by Crippen LogP contribution is -2.36. The number of ether oxygens (including phenoxy) is 1. The number of benzene rings is 2. The van der Waals surface area contributed by atoms with Gasteiger partial charge in [0.1, 0.15) is 5.75 Å². The van der Waals surface area contributed by atoms with Crippen molar-refractivity contribution in [2.45, 2.75) is 25.2 Å². The van der Waals surface area contributed by atoms with Crippen LogP contribution in [0.15, 0.2) is 53.4 Å². The molecule has 0 unspecified atom stereocenters. The van der Waals surface area contributed by atoms with E-state index in [-0.39, 0.29) is 0 Å². The van der Waals surface area contributed by atoms with Crippen LogP contribution >= 0.6 is 11.8 Å². The molecular weight excluding hydrogens is 348 g/mol. The average Bonchev–Trinajstić information content (AvgIpc) is 2.64.